The lowest BCUT2D eigenvalue weighted by atomic mass is 9.98. The summed E-state index contributed by atoms with van der Waals surface area (Å²) in [6, 6.07) is 43.2. The van der Waals surface area contributed by atoms with Crippen LogP contribution >= 0.6 is 27.5 Å². The molecule has 0 atom stereocenters. The van der Waals surface area contributed by atoms with Crippen LogP contribution in [0.4, 0.5) is 0 Å². The van der Waals surface area contributed by atoms with E-state index in [1.54, 1.807) is 6.07 Å². The van der Waals surface area contributed by atoms with Crippen LogP contribution in [0.5, 0.6) is 0 Å². The Morgan fingerprint density at radius 1 is 0.667 bits per heavy atom. The Kier molecular flexibility index (Phi) is 9.49. The predicted molar refractivity (Wildman–Crippen MR) is 188 cm³/mol. The number of aromatic nitrogens is 2. The van der Waals surface area contributed by atoms with E-state index in [9.17, 15) is 4.79 Å². The number of hydrogen-bond donors (Lipinski definition) is 0. The summed E-state index contributed by atoms with van der Waals surface area (Å²) in [6.07, 6.45) is 4.88. The highest BCUT2D eigenvalue weighted by atomic mass is 79.9. The number of esters is 1. The summed E-state index contributed by atoms with van der Waals surface area (Å²) in [6.45, 7) is 1.71. The van der Waals surface area contributed by atoms with Crippen molar-refractivity contribution in [1.82, 2.24) is 9.13 Å². The Morgan fingerprint density at radius 3 is 1.87 bits per heavy atom. The highest BCUT2D eigenvalue weighted by molar-refractivity contribution is 9.10. The second kappa shape index (κ2) is 14.0. The van der Waals surface area contributed by atoms with Gasteiger partial charge in [0.1, 0.15) is 0 Å². The first-order chi connectivity index (χ1) is 22.0. The standard InChI is InChI=1S/C24H20ClNO2.C15H12BrN/c1-28-24(27)22-15-21(25)11-10-19(22)14-20-9-5-8-18-12-13-26(23(18)20)16-17-6-3-2-4-7-17;16-14-8-4-7-13-9-10-17(15(13)14)11-12-5-2-1-3-6-12/h2-13,15H,14,16H2,1H3;1-10H,11H2. The van der Waals surface area contributed by atoms with Crippen molar-refractivity contribution in [1.29, 1.82) is 0 Å². The van der Waals surface area contributed by atoms with Crippen molar-refractivity contribution < 1.29 is 9.53 Å². The molecule has 7 aromatic rings. The van der Waals surface area contributed by atoms with Gasteiger partial charge in [-0.05, 0) is 73.9 Å². The summed E-state index contributed by atoms with van der Waals surface area (Å²) < 4.78 is 10.6. The third-order valence-electron chi connectivity index (χ3n) is 7.86. The minimum Gasteiger partial charge on any atom is -0.465 e. The molecule has 0 saturated heterocycles. The van der Waals surface area contributed by atoms with E-state index in [0.717, 1.165) is 28.7 Å². The number of rotatable bonds is 7. The minimum absolute atomic E-state index is 0.371. The number of nitrogens with zero attached hydrogens (tertiary/aromatic N) is 2. The van der Waals surface area contributed by atoms with Crippen molar-refractivity contribution in [2.24, 2.45) is 0 Å². The van der Waals surface area contributed by atoms with Gasteiger partial charge in [0.05, 0.1) is 23.7 Å². The van der Waals surface area contributed by atoms with E-state index < -0.39 is 0 Å². The number of fused-ring (bicyclic) bond motifs is 2. The monoisotopic (exact) mass is 674 g/mol. The van der Waals surface area contributed by atoms with Crippen molar-refractivity contribution in [3.8, 4) is 0 Å². The third-order valence-corrected chi connectivity index (χ3v) is 8.74. The van der Waals surface area contributed by atoms with Gasteiger partial charge in [-0.2, -0.15) is 0 Å². The minimum atomic E-state index is -0.371. The van der Waals surface area contributed by atoms with E-state index in [-0.39, 0.29) is 5.97 Å². The van der Waals surface area contributed by atoms with Gasteiger partial charge >= 0.3 is 5.97 Å². The molecule has 0 radical (unpaired) electrons. The number of carbonyl (C=O) groups is 1. The number of para-hydroxylation sites is 2. The lowest BCUT2D eigenvalue weighted by Gasteiger charge is -2.13. The van der Waals surface area contributed by atoms with Crippen LogP contribution < -0.4 is 0 Å². The van der Waals surface area contributed by atoms with Gasteiger partial charge in [-0.3, -0.25) is 0 Å². The van der Waals surface area contributed by atoms with Crippen LogP contribution in [0.25, 0.3) is 21.8 Å². The maximum atomic E-state index is 12.2. The second-order valence-corrected chi connectivity index (χ2v) is 12.2. The molecule has 0 fully saturated rings. The fourth-order valence-electron chi connectivity index (χ4n) is 5.73. The molecule has 0 aliphatic heterocycles. The molecule has 0 unspecified atom stereocenters. The molecular formula is C39H32BrClN2O2. The molecule has 0 saturated carbocycles. The maximum Gasteiger partial charge on any atom is 0.338 e. The van der Waals surface area contributed by atoms with Gasteiger partial charge in [-0.1, -0.05) is 109 Å². The molecule has 0 N–H and O–H groups in total. The molecule has 0 amide bonds. The summed E-state index contributed by atoms with van der Waals surface area (Å²) >= 11 is 9.72. The molecule has 5 aromatic carbocycles. The summed E-state index contributed by atoms with van der Waals surface area (Å²) in [5.41, 5.74) is 7.57. The highest BCUT2D eigenvalue weighted by Gasteiger charge is 2.15. The molecule has 0 aliphatic carbocycles. The Hall–Kier alpha value is -4.58. The third kappa shape index (κ3) is 7.06. The molecule has 4 nitrogen and oxygen atoms in total. The van der Waals surface area contributed by atoms with E-state index in [1.165, 1.54) is 40.0 Å². The summed E-state index contributed by atoms with van der Waals surface area (Å²) in [5.74, 6) is -0.371. The zero-order valence-corrected chi connectivity index (χ0v) is 27.2. The Labute approximate surface area is 276 Å². The molecule has 45 heavy (non-hydrogen) atoms. The SMILES string of the molecule is Brc1cccc2ccn(Cc3ccccc3)c12.COC(=O)c1cc(Cl)ccc1Cc1cccc2ccn(Cc3ccccc3)c12. The van der Waals surface area contributed by atoms with Crippen LogP contribution in [-0.4, -0.2) is 22.2 Å². The zero-order valence-electron chi connectivity index (χ0n) is 24.9. The number of methoxy groups -OCH3 is 1. The molecular weight excluding hydrogens is 644 g/mol. The Morgan fingerprint density at radius 2 is 1.24 bits per heavy atom. The van der Waals surface area contributed by atoms with Gasteiger partial charge in [0.15, 0.2) is 0 Å². The van der Waals surface area contributed by atoms with Gasteiger partial charge in [0.2, 0.25) is 0 Å². The van der Waals surface area contributed by atoms with Crippen LogP contribution in [0, 0.1) is 0 Å². The molecule has 224 valence electrons. The predicted octanol–water partition coefficient (Wildman–Crippen LogP) is 10.2. The lowest BCUT2D eigenvalue weighted by molar-refractivity contribution is 0.0599. The maximum absolute atomic E-state index is 12.2. The van der Waals surface area contributed by atoms with E-state index in [4.69, 9.17) is 16.3 Å². The average Bonchev–Trinajstić information content (AvgIpc) is 3.68. The molecule has 2 aromatic heterocycles. The van der Waals surface area contributed by atoms with E-state index in [2.05, 4.69) is 135 Å². The average molecular weight is 676 g/mol. The van der Waals surface area contributed by atoms with Crippen LogP contribution in [-0.2, 0) is 24.2 Å². The van der Waals surface area contributed by atoms with Gasteiger partial charge in [0, 0.05) is 46.8 Å². The van der Waals surface area contributed by atoms with Crippen molar-refractivity contribution in [3.05, 3.63) is 177 Å². The van der Waals surface area contributed by atoms with Crippen molar-refractivity contribution >= 4 is 55.3 Å². The van der Waals surface area contributed by atoms with Crippen LogP contribution in [0.2, 0.25) is 5.02 Å². The smallest absolute Gasteiger partial charge is 0.338 e. The molecule has 0 aliphatic rings. The number of carbonyl (C=O) groups excluding carboxylic acids is 1. The van der Waals surface area contributed by atoms with Crippen LogP contribution in [0.15, 0.2) is 144 Å². The molecule has 2 heterocycles. The fourth-order valence-corrected chi connectivity index (χ4v) is 6.51. The first-order valence-corrected chi connectivity index (χ1v) is 15.9. The van der Waals surface area contributed by atoms with Gasteiger partial charge in [0.25, 0.3) is 0 Å². The van der Waals surface area contributed by atoms with Crippen molar-refractivity contribution in [2.45, 2.75) is 19.5 Å². The van der Waals surface area contributed by atoms with Crippen LogP contribution in [0.1, 0.15) is 32.6 Å². The van der Waals surface area contributed by atoms with Gasteiger partial charge < -0.3 is 13.9 Å². The number of benzene rings is 5. The molecule has 0 bridgehead atoms. The molecule has 7 rings (SSSR count). The topological polar surface area (TPSA) is 36.2 Å². The molecule has 0 spiro atoms. The largest absolute Gasteiger partial charge is 0.465 e. The number of ether oxygens (including phenoxy) is 1. The van der Waals surface area contributed by atoms with E-state index in [1.807, 2.05) is 24.3 Å². The fraction of sp³-hybridized carbons (Fsp3) is 0.103. The van der Waals surface area contributed by atoms with E-state index >= 15 is 0 Å². The zero-order chi connectivity index (χ0) is 31.2. The summed E-state index contributed by atoms with van der Waals surface area (Å²) in [5, 5.41) is 2.98. The number of halogens is 2. The Bertz CT molecular complexity index is 2070. The van der Waals surface area contributed by atoms with Crippen LogP contribution in [0.3, 0.4) is 0 Å². The normalized spacial score (nSPS) is 10.9. The number of hydrogen-bond acceptors (Lipinski definition) is 2. The molecule has 6 heteroatoms. The van der Waals surface area contributed by atoms with Crippen molar-refractivity contribution in [2.75, 3.05) is 7.11 Å². The summed E-state index contributed by atoms with van der Waals surface area (Å²) in [7, 11) is 1.39. The highest BCUT2D eigenvalue weighted by Crippen LogP contribution is 2.27. The quantitative estimate of drug-likeness (QED) is 0.158. The van der Waals surface area contributed by atoms with E-state index in [0.29, 0.717) is 17.0 Å². The van der Waals surface area contributed by atoms with Gasteiger partial charge in [-0.25, -0.2) is 4.79 Å². The lowest BCUT2D eigenvalue weighted by Crippen LogP contribution is -2.07. The Balaban J connectivity index is 0.000000179. The van der Waals surface area contributed by atoms with Gasteiger partial charge in [-0.15, -0.1) is 0 Å². The second-order valence-electron chi connectivity index (χ2n) is 10.9. The van der Waals surface area contributed by atoms with Crippen molar-refractivity contribution in [3.63, 3.8) is 0 Å². The first-order valence-electron chi connectivity index (χ1n) is 14.7. The summed E-state index contributed by atoms with van der Waals surface area (Å²) in [4.78, 5) is 12.2. The first kappa shape index (κ1) is 30.4.